The number of nitrogens with zero attached hydrogens (tertiary/aromatic N) is 2. The van der Waals surface area contributed by atoms with Crippen molar-refractivity contribution in [1.82, 2.24) is 4.98 Å². The third-order valence-corrected chi connectivity index (χ3v) is 6.45. The van der Waals surface area contributed by atoms with E-state index >= 15 is 0 Å². The summed E-state index contributed by atoms with van der Waals surface area (Å²) in [6, 6.07) is 13.2. The Morgan fingerprint density at radius 2 is 1.97 bits per heavy atom. The Labute approximate surface area is 186 Å². The lowest BCUT2D eigenvalue weighted by Crippen LogP contribution is -2.29. The smallest absolute Gasteiger partial charge is 0.302 e. The van der Waals surface area contributed by atoms with E-state index < -0.39 is 29.3 Å². The lowest BCUT2D eigenvalue weighted by molar-refractivity contribution is -0.132. The molecule has 8 heteroatoms. The molecule has 3 heterocycles. The molecule has 1 aliphatic heterocycles. The number of anilines is 1. The number of aromatic nitrogens is 1. The van der Waals surface area contributed by atoms with Gasteiger partial charge in [-0.05, 0) is 60.5 Å². The summed E-state index contributed by atoms with van der Waals surface area (Å²) in [7, 11) is 0. The molecule has 4 aromatic rings. The maximum absolute atomic E-state index is 13.4. The molecule has 160 valence electrons. The van der Waals surface area contributed by atoms with Gasteiger partial charge in [0, 0.05) is 5.56 Å². The third kappa shape index (κ3) is 3.20. The van der Waals surface area contributed by atoms with Crippen molar-refractivity contribution < 1.29 is 23.5 Å². The van der Waals surface area contributed by atoms with Crippen LogP contribution in [0, 0.1) is 5.82 Å². The second-order valence-corrected chi connectivity index (χ2v) is 8.35. The van der Waals surface area contributed by atoms with Crippen LogP contribution in [0.5, 0.6) is 0 Å². The van der Waals surface area contributed by atoms with Crippen LogP contribution in [0.3, 0.4) is 0 Å². The van der Waals surface area contributed by atoms with Gasteiger partial charge in [-0.25, -0.2) is 9.37 Å². The zero-order valence-electron chi connectivity index (χ0n) is 16.9. The number of aliphatic hydroxyl groups excluding tert-OH is 1. The number of halogens is 1. The number of rotatable bonds is 4. The largest absolute Gasteiger partial charge is 0.507 e. The average Bonchev–Trinajstić information content (AvgIpc) is 3.52. The number of ketones is 1. The minimum absolute atomic E-state index is 0.134. The first kappa shape index (κ1) is 20.1. The quantitative estimate of drug-likeness (QED) is 0.263. The molecule has 1 amide bonds. The summed E-state index contributed by atoms with van der Waals surface area (Å²) in [4.78, 5) is 32.0. The van der Waals surface area contributed by atoms with Crippen molar-refractivity contribution in [2.24, 2.45) is 0 Å². The summed E-state index contributed by atoms with van der Waals surface area (Å²) in [6.45, 7) is 2.05. The number of hydrogen-bond acceptors (Lipinski definition) is 6. The monoisotopic (exact) mass is 448 g/mol. The minimum atomic E-state index is -0.999. The molecule has 1 saturated heterocycles. The van der Waals surface area contributed by atoms with Gasteiger partial charge in [-0.3, -0.25) is 14.5 Å². The number of Topliss-reactive ketones (excluding diaryl/α,β-unsaturated/α-hetero) is 1. The van der Waals surface area contributed by atoms with Crippen molar-refractivity contribution >= 4 is 44.1 Å². The molecular weight excluding hydrogens is 431 g/mol. The predicted molar refractivity (Wildman–Crippen MR) is 119 cm³/mol. The van der Waals surface area contributed by atoms with E-state index in [9.17, 15) is 19.1 Å². The van der Waals surface area contributed by atoms with E-state index in [-0.39, 0.29) is 11.1 Å². The maximum Gasteiger partial charge on any atom is 0.302 e. The van der Waals surface area contributed by atoms with Crippen LogP contribution in [0.25, 0.3) is 16.0 Å². The number of aliphatic hydroxyl groups is 1. The van der Waals surface area contributed by atoms with Crippen LogP contribution in [0.1, 0.15) is 29.9 Å². The number of thiazole rings is 1. The Balaban J connectivity index is 1.69. The number of aryl methyl sites for hydroxylation is 1. The summed E-state index contributed by atoms with van der Waals surface area (Å²) in [5.74, 6) is -2.25. The fourth-order valence-electron chi connectivity index (χ4n) is 3.79. The van der Waals surface area contributed by atoms with Gasteiger partial charge in [0.05, 0.1) is 22.1 Å². The van der Waals surface area contributed by atoms with Crippen molar-refractivity contribution in [2.75, 3.05) is 4.90 Å². The van der Waals surface area contributed by atoms with Gasteiger partial charge in [0.15, 0.2) is 5.13 Å². The molecule has 2 aromatic carbocycles. The molecule has 1 aliphatic rings. The highest BCUT2D eigenvalue weighted by atomic mass is 32.1. The van der Waals surface area contributed by atoms with Gasteiger partial charge in [0.25, 0.3) is 5.78 Å². The Kier molecular flexibility index (Phi) is 4.86. The van der Waals surface area contributed by atoms with E-state index in [2.05, 4.69) is 4.98 Å². The molecule has 5 rings (SSSR count). The summed E-state index contributed by atoms with van der Waals surface area (Å²) < 4.78 is 19.8. The molecule has 0 spiro atoms. The van der Waals surface area contributed by atoms with Crippen LogP contribution in [0.4, 0.5) is 9.52 Å². The summed E-state index contributed by atoms with van der Waals surface area (Å²) in [6.07, 6.45) is 2.29. The van der Waals surface area contributed by atoms with Gasteiger partial charge < -0.3 is 9.52 Å². The van der Waals surface area contributed by atoms with E-state index in [1.54, 1.807) is 12.1 Å². The molecule has 1 atom stereocenters. The van der Waals surface area contributed by atoms with Crippen molar-refractivity contribution in [3.8, 4) is 0 Å². The molecule has 6 nitrogen and oxygen atoms in total. The van der Waals surface area contributed by atoms with Crippen molar-refractivity contribution in [1.29, 1.82) is 0 Å². The van der Waals surface area contributed by atoms with E-state index in [1.165, 1.54) is 46.8 Å². The summed E-state index contributed by atoms with van der Waals surface area (Å²) in [5, 5.41) is 11.3. The van der Waals surface area contributed by atoms with Gasteiger partial charge in [-0.15, -0.1) is 0 Å². The van der Waals surface area contributed by atoms with Crippen molar-refractivity contribution in [3.05, 3.63) is 89.1 Å². The van der Waals surface area contributed by atoms with Gasteiger partial charge in [-0.1, -0.05) is 24.3 Å². The summed E-state index contributed by atoms with van der Waals surface area (Å²) in [5.41, 5.74) is 1.93. The number of furan rings is 1. The molecule has 1 N–H and O–H groups in total. The second-order valence-electron chi connectivity index (χ2n) is 7.34. The highest BCUT2D eigenvalue weighted by molar-refractivity contribution is 7.22. The molecule has 0 unspecified atom stereocenters. The van der Waals surface area contributed by atoms with Crippen LogP contribution in [-0.2, 0) is 16.0 Å². The first-order valence-electron chi connectivity index (χ1n) is 9.97. The molecule has 0 saturated carbocycles. The SMILES string of the molecule is CCc1ccc2nc(N3C(=O)C(=O)C(=C(O)c4ccc(F)cc4)[C@H]3c3ccco3)sc2c1. The standard InChI is InChI=1S/C24H17FN2O4S/c1-2-13-5-10-16-18(12-13)32-24(26-16)27-20(17-4-3-11-31-17)19(22(29)23(27)30)21(28)14-6-8-15(25)9-7-14/h3-12,20,28H,2H2,1H3/t20-/m1/s1. The number of amides is 1. The van der Waals surface area contributed by atoms with E-state index in [0.29, 0.717) is 16.4 Å². The minimum Gasteiger partial charge on any atom is -0.507 e. The molecular formula is C24H17FN2O4S. The fraction of sp³-hybridized carbons (Fsp3) is 0.125. The number of fused-ring (bicyclic) bond motifs is 1. The van der Waals surface area contributed by atoms with Gasteiger partial charge in [0.1, 0.15) is 23.4 Å². The van der Waals surface area contributed by atoms with Gasteiger partial charge >= 0.3 is 5.91 Å². The number of carbonyl (C=O) groups excluding carboxylic acids is 2. The van der Waals surface area contributed by atoms with Crippen LogP contribution in [0.2, 0.25) is 0 Å². The van der Waals surface area contributed by atoms with Crippen LogP contribution in [0.15, 0.2) is 70.9 Å². The first-order valence-corrected chi connectivity index (χ1v) is 10.8. The Morgan fingerprint density at radius 1 is 1.19 bits per heavy atom. The molecule has 0 radical (unpaired) electrons. The zero-order chi connectivity index (χ0) is 22.4. The fourth-order valence-corrected chi connectivity index (χ4v) is 4.84. The summed E-state index contributed by atoms with van der Waals surface area (Å²) >= 11 is 1.29. The highest BCUT2D eigenvalue weighted by Gasteiger charge is 2.49. The van der Waals surface area contributed by atoms with Gasteiger partial charge in [-0.2, -0.15) is 0 Å². The van der Waals surface area contributed by atoms with Crippen LogP contribution in [-0.4, -0.2) is 21.8 Å². The third-order valence-electron chi connectivity index (χ3n) is 5.43. The lowest BCUT2D eigenvalue weighted by atomic mass is 9.99. The number of hydrogen-bond donors (Lipinski definition) is 1. The van der Waals surface area contributed by atoms with E-state index in [0.717, 1.165) is 16.7 Å². The predicted octanol–water partition coefficient (Wildman–Crippen LogP) is 5.22. The Bertz CT molecular complexity index is 1370. The van der Waals surface area contributed by atoms with Crippen LogP contribution >= 0.6 is 11.3 Å². The maximum atomic E-state index is 13.4. The molecule has 2 aromatic heterocycles. The highest BCUT2D eigenvalue weighted by Crippen LogP contribution is 2.44. The molecule has 1 fully saturated rings. The van der Waals surface area contributed by atoms with Crippen molar-refractivity contribution in [3.63, 3.8) is 0 Å². The lowest BCUT2D eigenvalue weighted by Gasteiger charge is -2.20. The topological polar surface area (TPSA) is 83.6 Å². The molecule has 0 bridgehead atoms. The average molecular weight is 448 g/mol. The number of benzene rings is 2. The van der Waals surface area contributed by atoms with Crippen LogP contribution < -0.4 is 4.90 Å². The second kappa shape index (κ2) is 7.72. The van der Waals surface area contributed by atoms with E-state index in [1.807, 2.05) is 25.1 Å². The van der Waals surface area contributed by atoms with Gasteiger partial charge in [0.2, 0.25) is 0 Å². The normalized spacial score (nSPS) is 18.1. The number of carbonyl (C=O) groups is 2. The molecule has 32 heavy (non-hydrogen) atoms. The van der Waals surface area contributed by atoms with E-state index in [4.69, 9.17) is 4.42 Å². The first-order chi connectivity index (χ1) is 15.5. The van der Waals surface area contributed by atoms with Crippen molar-refractivity contribution in [2.45, 2.75) is 19.4 Å². The Morgan fingerprint density at radius 3 is 2.66 bits per heavy atom. The zero-order valence-corrected chi connectivity index (χ0v) is 17.7. The Hall–Kier alpha value is -3.78. The molecule has 0 aliphatic carbocycles.